The van der Waals surface area contributed by atoms with E-state index in [0.29, 0.717) is 23.6 Å². The number of fused-ring (bicyclic) bond motifs is 1. The maximum atomic E-state index is 14.4. The first-order valence-corrected chi connectivity index (χ1v) is 10.3. The van der Waals surface area contributed by atoms with Crippen molar-refractivity contribution in [1.29, 1.82) is 0 Å². The van der Waals surface area contributed by atoms with E-state index in [9.17, 15) is 9.18 Å². The third-order valence-corrected chi connectivity index (χ3v) is 6.05. The number of piperidine rings is 1. The number of aryl methyl sites for hydroxylation is 1. The standard InChI is InChI=1S/C24H27FN4O/c1-15-4-3-5-20(25)21(15)17-6-7-19-18(12-17)14-27-23(26)22(19)24(30)28-13-16-8-10-29(2)11-9-16/h3-7,12,14,16H,8-11,13H2,1-2H3,(H2,26,27)(H,28,30). The Hall–Kier alpha value is -2.99. The number of halogens is 1. The molecule has 3 N–H and O–H groups in total. The number of nitrogens with zero attached hydrogens (tertiary/aromatic N) is 2. The Morgan fingerprint density at radius 1 is 1.27 bits per heavy atom. The van der Waals surface area contributed by atoms with Crippen LogP contribution < -0.4 is 11.1 Å². The Kier molecular flexibility index (Phi) is 5.68. The molecule has 1 fully saturated rings. The lowest BCUT2D eigenvalue weighted by Crippen LogP contribution is -2.37. The molecule has 0 saturated carbocycles. The van der Waals surface area contributed by atoms with Crippen LogP contribution in [0.5, 0.6) is 0 Å². The van der Waals surface area contributed by atoms with Gasteiger partial charge in [-0.1, -0.05) is 24.3 Å². The Balaban J connectivity index is 1.62. The second-order valence-corrected chi connectivity index (χ2v) is 8.21. The van der Waals surface area contributed by atoms with E-state index in [2.05, 4.69) is 22.2 Å². The monoisotopic (exact) mass is 406 g/mol. The number of anilines is 1. The van der Waals surface area contributed by atoms with Crippen LogP contribution in [0.4, 0.5) is 10.2 Å². The van der Waals surface area contributed by atoms with Gasteiger partial charge >= 0.3 is 0 Å². The number of aromatic nitrogens is 1. The maximum Gasteiger partial charge on any atom is 0.255 e. The molecule has 0 radical (unpaired) electrons. The lowest BCUT2D eigenvalue weighted by molar-refractivity contribution is 0.0941. The quantitative estimate of drug-likeness (QED) is 0.687. The number of hydrogen-bond donors (Lipinski definition) is 2. The van der Waals surface area contributed by atoms with Crippen LogP contribution in [0.25, 0.3) is 21.9 Å². The number of pyridine rings is 1. The average Bonchev–Trinajstić information content (AvgIpc) is 2.73. The number of carbonyl (C=O) groups is 1. The third-order valence-electron chi connectivity index (χ3n) is 6.05. The smallest absolute Gasteiger partial charge is 0.255 e. The van der Waals surface area contributed by atoms with Gasteiger partial charge in [-0.25, -0.2) is 9.37 Å². The predicted molar refractivity (Wildman–Crippen MR) is 119 cm³/mol. The minimum atomic E-state index is -0.270. The Labute approximate surface area is 176 Å². The molecule has 0 bridgehead atoms. The molecule has 0 unspecified atom stereocenters. The number of likely N-dealkylation sites (tertiary alicyclic amines) is 1. The van der Waals surface area contributed by atoms with Gasteiger partial charge in [-0.2, -0.15) is 0 Å². The Bertz CT molecular complexity index is 1070. The fourth-order valence-corrected chi connectivity index (χ4v) is 4.22. The van der Waals surface area contributed by atoms with Crippen LogP contribution in [-0.2, 0) is 0 Å². The molecule has 1 aliphatic heterocycles. The first-order valence-electron chi connectivity index (χ1n) is 10.3. The van der Waals surface area contributed by atoms with Gasteiger partial charge in [0.05, 0.1) is 5.56 Å². The van der Waals surface area contributed by atoms with E-state index >= 15 is 0 Å². The van der Waals surface area contributed by atoms with Crippen molar-refractivity contribution in [2.24, 2.45) is 5.92 Å². The van der Waals surface area contributed by atoms with E-state index in [1.165, 1.54) is 6.07 Å². The van der Waals surface area contributed by atoms with Crippen molar-refractivity contribution in [2.45, 2.75) is 19.8 Å². The van der Waals surface area contributed by atoms with Gasteiger partial charge in [0.2, 0.25) is 0 Å². The molecule has 2 aromatic carbocycles. The van der Waals surface area contributed by atoms with Crippen molar-refractivity contribution in [3.05, 3.63) is 59.5 Å². The summed E-state index contributed by atoms with van der Waals surface area (Å²) >= 11 is 0. The molecular weight excluding hydrogens is 379 g/mol. The molecular formula is C24H27FN4O. The molecule has 1 saturated heterocycles. The van der Waals surface area contributed by atoms with Crippen molar-refractivity contribution < 1.29 is 9.18 Å². The molecule has 0 spiro atoms. The second-order valence-electron chi connectivity index (χ2n) is 8.21. The first-order chi connectivity index (χ1) is 14.4. The fourth-order valence-electron chi connectivity index (χ4n) is 4.22. The highest BCUT2D eigenvalue weighted by Gasteiger charge is 2.20. The van der Waals surface area contributed by atoms with Crippen molar-refractivity contribution in [3.63, 3.8) is 0 Å². The second kappa shape index (κ2) is 8.40. The van der Waals surface area contributed by atoms with Gasteiger partial charge in [0.15, 0.2) is 0 Å². The van der Waals surface area contributed by atoms with Crippen LogP contribution in [0.2, 0.25) is 0 Å². The summed E-state index contributed by atoms with van der Waals surface area (Å²) in [5.41, 5.74) is 8.63. The van der Waals surface area contributed by atoms with E-state index in [1.54, 1.807) is 12.3 Å². The normalized spacial score (nSPS) is 15.4. The van der Waals surface area contributed by atoms with Gasteiger partial charge in [-0.15, -0.1) is 0 Å². The summed E-state index contributed by atoms with van der Waals surface area (Å²) in [7, 11) is 2.12. The average molecular weight is 407 g/mol. The van der Waals surface area contributed by atoms with Crippen LogP contribution in [0.1, 0.15) is 28.8 Å². The maximum absolute atomic E-state index is 14.4. The summed E-state index contributed by atoms with van der Waals surface area (Å²) in [6, 6.07) is 10.6. The lowest BCUT2D eigenvalue weighted by atomic mass is 9.95. The molecule has 1 aromatic heterocycles. The highest BCUT2D eigenvalue weighted by atomic mass is 19.1. The van der Waals surface area contributed by atoms with E-state index < -0.39 is 0 Å². The van der Waals surface area contributed by atoms with Gasteiger partial charge in [-0.05, 0) is 74.5 Å². The van der Waals surface area contributed by atoms with Gasteiger partial charge in [0.1, 0.15) is 11.6 Å². The minimum Gasteiger partial charge on any atom is -0.383 e. The van der Waals surface area contributed by atoms with Crippen LogP contribution >= 0.6 is 0 Å². The van der Waals surface area contributed by atoms with E-state index in [0.717, 1.165) is 47.8 Å². The number of amides is 1. The Morgan fingerprint density at radius 3 is 2.77 bits per heavy atom. The molecule has 1 aliphatic rings. The van der Waals surface area contributed by atoms with E-state index in [4.69, 9.17) is 5.73 Å². The summed E-state index contributed by atoms with van der Waals surface area (Å²) in [4.78, 5) is 19.5. The molecule has 6 heteroatoms. The van der Waals surface area contributed by atoms with Crippen molar-refractivity contribution in [1.82, 2.24) is 15.2 Å². The number of benzene rings is 2. The van der Waals surface area contributed by atoms with E-state index in [1.807, 2.05) is 31.2 Å². The number of nitrogen functional groups attached to an aromatic ring is 1. The fraction of sp³-hybridized carbons (Fsp3) is 0.333. The van der Waals surface area contributed by atoms with Gasteiger partial charge in [0.25, 0.3) is 5.91 Å². The molecule has 156 valence electrons. The molecule has 1 amide bonds. The van der Waals surface area contributed by atoms with Crippen molar-refractivity contribution in [3.8, 4) is 11.1 Å². The topological polar surface area (TPSA) is 71.2 Å². The summed E-state index contributed by atoms with van der Waals surface area (Å²) in [5, 5.41) is 4.52. The predicted octanol–water partition coefficient (Wildman–Crippen LogP) is 4.00. The molecule has 0 aliphatic carbocycles. The summed E-state index contributed by atoms with van der Waals surface area (Å²) in [5.74, 6) is 0.205. The zero-order valence-corrected chi connectivity index (χ0v) is 17.4. The summed E-state index contributed by atoms with van der Waals surface area (Å²) in [6.45, 7) is 4.62. The molecule has 0 atom stereocenters. The van der Waals surface area contributed by atoms with E-state index in [-0.39, 0.29) is 17.5 Å². The number of nitrogens with one attached hydrogen (secondary N) is 1. The number of rotatable bonds is 4. The zero-order valence-electron chi connectivity index (χ0n) is 17.4. The minimum absolute atomic E-state index is 0.207. The van der Waals surface area contributed by atoms with Crippen LogP contribution in [0.15, 0.2) is 42.6 Å². The van der Waals surface area contributed by atoms with Gasteiger partial charge < -0.3 is 16.0 Å². The molecule has 2 heterocycles. The third kappa shape index (κ3) is 4.00. The summed E-state index contributed by atoms with van der Waals surface area (Å²) < 4.78 is 14.4. The summed E-state index contributed by atoms with van der Waals surface area (Å²) in [6.07, 6.45) is 3.79. The van der Waals surface area contributed by atoms with Crippen molar-refractivity contribution in [2.75, 3.05) is 32.4 Å². The van der Waals surface area contributed by atoms with Crippen molar-refractivity contribution >= 4 is 22.5 Å². The molecule has 5 nitrogen and oxygen atoms in total. The molecule has 4 rings (SSSR count). The van der Waals surface area contributed by atoms with Gasteiger partial charge in [0, 0.05) is 23.7 Å². The van der Waals surface area contributed by atoms with Crippen LogP contribution in [0, 0.1) is 18.7 Å². The lowest BCUT2D eigenvalue weighted by Gasteiger charge is -2.29. The largest absolute Gasteiger partial charge is 0.383 e. The highest BCUT2D eigenvalue weighted by Crippen LogP contribution is 2.31. The Morgan fingerprint density at radius 2 is 2.03 bits per heavy atom. The number of carbonyl (C=O) groups excluding carboxylic acids is 1. The number of hydrogen-bond acceptors (Lipinski definition) is 4. The number of nitrogens with two attached hydrogens (primary N) is 1. The molecule has 30 heavy (non-hydrogen) atoms. The zero-order chi connectivity index (χ0) is 21.3. The molecule has 3 aromatic rings. The van der Waals surface area contributed by atoms with Crippen LogP contribution in [0.3, 0.4) is 0 Å². The SMILES string of the molecule is Cc1cccc(F)c1-c1ccc2c(C(=O)NCC3CCN(C)CC3)c(N)ncc2c1. The highest BCUT2D eigenvalue weighted by molar-refractivity contribution is 6.11. The first kappa shape index (κ1) is 20.3. The van der Waals surface area contributed by atoms with Crippen LogP contribution in [-0.4, -0.2) is 42.5 Å². The van der Waals surface area contributed by atoms with Gasteiger partial charge in [-0.3, -0.25) is 4.79 Å².